The van der Waals surface area contributed by atoms with Crippen molar-refractivity contribution in [2.45, 2.75) is 25.8 Å². The highest BCUT2D eigenvalue weighted by molar-refractivity contribution is 6.39. The van der Waals surface area contributed by atoms with Crippen LogP contribution in [0.15, 0.2) is 65.9 Å². The maximum absolute atomic E-state index is 13.1. The van der Waals surface area contributed by atoms with Gasteiger partial charge in [0.2, 0.25) is 5.91 Å². The van der Waals surface area contributed by atoms with Crippen LogP contribution in [0.2, 0.25) is 0 Å². The van der Waals surface area contributed by atoms with Crippen LogP contribution in [-0.2, 0) is 16.1 Å². The van der Waals surface area contributed by atoms with Crippen molar-refractivity contribution in [3.63, 3.8) is 0 Å². The van der Waals surface area contributed by atoms with Crippen molar-refractivity contribution in [3.8, 4) is 5.75 Å². The average Bonchev–Trinajstić information content (AvgIpc) is 2.81. The molecule has 0 unspecified atom stereocenters. The molecule has 1 aliphatic heterocycles. The standard InChI is InChI=1S/C24H23FN4O3/c25-19-9-7-17(8-10-19)16-29-22(30)12-11-20(28-29)24(31)27-14-3-15-32-21-6-1-4-18-5-2-13-26-23(18)21/h1-2,4-10,13H,3,11-12,14-16H2,(H,27,31). The molecule has 7 nitrogen and oxygen atoms in total. The Morgan fingerprint density at radius 1 is 1.09 bits per heavy atom. The topological polar surface area (TPSA) is 83.9 Å². The van der Waals surface area contributed by atoms with Gasteiger partial charge in [0, 0.05) is 31.0 Å². The van der Waals surface area contributed by atoms with Gasteiger partial charge in [0.25, 0.3) is 5.91 Å². The minimum absolute atomic E-state index is 0.164. The number of nitrogens with zero attached hydrogens (tertiary/aromatic N) is 3. The van der Waals surface area contributed by atoms with Crippen LogP contribution in [0.3, 0.4) is 0 Å². The van der Waals surface area contributed by atoms with Gasteiger partial charge in [0.1, 0.15) is 22.8 Å². The van der Waals surface area contributed by atoms with E-state index in [9.17, 15) is 14.0 Å². The number of rotatable bonds is 8. The van der Waals surface area contributed by atoms with Crippen LogP contribution in [0.5, 0.6) is 5.75 Å². The van der Waals surface area contributed by atoms with Gasteiger partial charge >= 0.3 is 0 Å². The van der Waals surface area contributed by atoms with E-state index in [4.69, 9.17) is 4.74 Å². The molecule has 1 aliphatic rings. The quantitative estimate of drug-likeness (QED) is 0.551. The number of carbonyl (C=O) groups is 2. The first-order chi connectivity index (χ1) is 15.6. The molecule has 3 aromatic rings. The normalized spacial score (nSPS) is 13.7. The number of para-hydroxylation sites is 1. The van der Waals surface area contributed by atoms with Crippen molar-refractivity contribution >= 4 is 28.4 Å². The molecule has 0 bridgehead atoms. The molecular weight excluding hydrogens is 411 g/mol. The largest absolute Gasteiger partial charge is 0.491 e. The highest BCUT2D eigenvalue weighted by Gasteiger charge is 2.24. The van der Waals surface area contributed by atoms with Crippen molar-refractivity contribution in [2.24, 2.45) is 5.10 Å². The van der Waals surface area contributed by atoms with E-state index in [2.05, 4.69) is 15.4 Å². The summed E-state index contributed by atoms with van der Waals surface area (Å²) in [5.41, 5.74) is 1.86. The number of hydrogen-bond donors (Lipinski definition) is 1. The Labute approximate surface area is 184 Å². The Morgan fingerprint density at radius 2 is 1.91 bits per heavy atom. The molecule has 2 heterocycles. The molecule has 2 amide bonds. The summed E-state index contributed by atoms with van der Waals surface area (Å²) in [4.78, 5) is 29.0. The fraction of sp³-hybridized carbons (Fsp3) is 0.250. The van der Waals surface area contributed by atoms with Crippen molar-refractivity contribution in [3.05, 3.63) is 72.2 Å². The Hall–Kier alpha value is -3.81. The van der Waals surface area contributed by atoms with Crippen LogP contribution in [0.25, 0.3) is 10.9 Å². The molecule has 8 heteroatoms. The Kier molecular flexibility index (Phi) is 6.69. The van der Waals surface area contributed by atoms with Gasteiger partial charge in [-0.2, -0.15) is 5.10 Å². The Morgan fingerprint density at radius 3 is 2.75 bits per heavy atom. The second kappa shape index (κ2) is 10.00. The summed E-state index contributed by atoms with van der Waals surface area (Å²) < 4.78 is 18.9. The number of hydrazone groups is 1. The second-order valence-corrected chi connectivity index (χ2v) is 7.41. The van der Waals surface area contributed by atoms with Crippen LogP contribution in [-0.4, -0.2) is 40.7 Å². The lowest BCUT2D eigenvalue weighted by atomic mass is 10.1. The number of carbonyl (C=O) groups excluding carboxylic acids is 2. The number of aromatic nitrogens is 1. The van der Waals surface area contributed by atoms with E-state index in [0.29, 0.717) is 37.5 Å². The number of hydrogen-bond acceptors (Lipinski definition) is 5. The molecular formula is C24H23FN4O3. The first-order valence-electron chi connectivity index (χ1n) is 10.5. The van der Waals surface area contributed by atoms with Gasteiger partial charge in [0.15, 0.2) is 0 Å². The van der Waals surface area contributed by atoms with Crippen molar-refractivity contribution in [1.29, 1.82) is 0 Å². The Balaban J connectivity index is 1.26. The number of fused-ring (bicyclic) bond motifs is 1. The Bertz CT molecular complexity index is 1140. The lowest BCUT2D eigenvalue weighted by molar-refractivity contribution is -0.132. The van der Waals surface area contributed by atoms with E-state index in [1.54, 1.807) is 18.3 Å². The zero-order chi connectivity index (χ0) is 22.3. The van der Waals surface area contributed by atoms with Gasteiger partial charge < -0.3 is 10.1 Å². The second-order valence-electron chi connectivity index (χ2n) is 7.41. The lowest BCUT2D eigenvalue weighted by Crippen LogP contribution is -2.39. The first-order valence-corrected chi connectivity index (χ1v) is 10.5. The maximum Gasteiger partial charge on any atom is 0.267 e. The monoisotopic (exact) mass is 434 g/mol. The molecule has 1 N–H and O–H groups in total. The third-order valence-electron chi connectivity index (χ3n) is 5.07. The van der Waals surface area contributed by atoms with Crippen LogP contribution >= 0.6 is 0 Å². The fourth-order valence-corrected chi connectivity index (χ4v) is 3.40. The van der Waals surface area contributed by atoms with Crippen molar-refractivity contribution in [2.75, 3.05) is 13.2 Å². The van der Waals surface area contributed by atoms with Crippen LogP contribution in [0, 0.1) is 5.82 Å². The summed E-state index contributed by atoms with van der Waals surface area (Å²) in [5, 5.41) is 9.32. The van der Waals surface area contributed by atoms with E-state index in [1.807, 2.05) is 30.3 Å². The molecule has 2 aromatic carbocycles. The van der Waals surface area contributed by atoms with Gasteiger partial charge in [-0.05, 0) is 36.2 Å². The van der Waals surface area contributed by atoms with Gasteiger partial charge in [-0.15, -0.1) is 0 Å². The number of ether oxygens (including phenoxy) is 1. The summed E-state index contributed by atoms with van der Waals surface area (Å²) >= 11 is 0. The molecule has 0 aliphatic carbocycles. The number of nitrogens with one attached hydrogen (secondary N) is 1. The zero-order valence-corrected chi connectivity index (χ0v) is 17.5. The van der Waals surface area contributed by atoms with E-state index < -0.39 is 0 Å². The van der Waals surface area contributed by atoms with Crippen LogP contribution in [0.4, 0.5) is 4.39 Å². The van der Waals surface area contributed by atoms with E-state index in [0.717, 1.165) is 16.5 Å². The first kappa shape index (κ1) is 21.4. The molecule has 0 saturated carbocycles. The van der Waals surface area contributed by atoms with Gasteiger partial charge in [0.05, 0.1) is 13.2 Å². The highest BCUT2D eigenvalue weighted by Crippen LogP contribution is 2.22. The molecule has 0 saturated heterocycles. The minimum atomic E-state index is -0.344. The van der Waals surface area contributed by atoms with E-state index >= 15 is 0 Å². The SMILES string of the molecule is O=C(NCCCOc1cccc2cccnc12)C1=NN(Cc2ccc(F)cc2)C(=O)CC1. The summed E-state index contributed by atoms with van der Waals surface area (Å²) in [6, 6.07) is 15.5. The summed E-state index contributed by atoms with van der Waals surface area (Å²) in [6.45, 7) is 1.04. The summed E-state index contributed by atoms with van der Waals surface area (Å²) in [7, 11) is 0. The third kappa shape index (κ3) is 5.26. The number of amides is 2. The van der Waals surface area contributed by atoms with Crippen molar-refractivity contribution < 1.29 is 18.7 Å². The number of halogens is 1. The smallest absolute Gasteiger partial charge is 0.267 e. The lowest BCUT2D eigenvalue weighted by Gasteiger charge is -2.23. The van der Waals surface area contributed by atoms with Gasteiger partial charge in [-0.3, -0.25) is 14.6 Å². The summed E-state index contributed by atoms with van der Waals surface area (Å²) in [5.74, 6) is -0.0968. The molecule has 4 rings (SSSR count). The zero-order valence-electron chi connectivity index (χ0n) is 17.5. The number of pyridine rings is 1. The number of benzene rings is 2. The van der Waals surface area contributed by atoms with Crippen LogP contribution in [0.1, 0.15) is 24.8 Å². The predicted molar refractivity (Wildman–Crippen MR) is 118 cm³/mol. The molecule has 1 aromatic heterocycles. The molecule has 32 heavy (non-hydrogen) atoms. The molecule has 0 radical (unpaired) electrons. The highest BCUT2D eigenvalue weighted by atomic mass is 19.1. The molecule has 0 spiro atoms. The van der Waals surface area contributed by atoms with E-state index in [-0.39, 0.29) is 30.6 Å². The van der Waals surface area contributed by atoms with Gasteiger partial charge in [-0.25, -0.2) is 9.40 Å². The summed E-state index contributed by atoms with van der Waals surface area (Å²) in [6.07, 6.45) is 2.85. The fourth-order valence-electron chi connectivity index (χ4n) is 3.40. The molecule has 0 fully saturated rings. The third-order valence-corrected chi connectivity index (χ3v) is 5.07. The van der Waals surface area contributed by atoms with Crippen molar-refractivity contribution in [1.82, 2.24) is 15.3 Å². The maximum atomic E-state index is 13.1. The average molecular weight is 434 g/mol. The van der Waals surface area contributed by atoms with Crippen LogP contribution < -0.4 is 10.1 Å². The molecule has 164 valence electrons. The predicted octanol–water partition coefficient (Wildman–Crippen LogP) is 3.44. The van der Waals surface area contributed by atoms with E-state index in [1.165, 1.54) is 17.1 Å². The molecule has 0 atom stereocenters. The van der Waals surface area contributed by atoms with Gasteiger partial charge in [-0.1, -0.05) is 30.3 Å². The minimum Gasteiger partial charge on any atom is -0.491 e.